The first kappa shape index (κ1) is 17.2. The van der Waals surface area contributed by atoms with Crippen molar-refractivity contribution < 1.29 is 23.0 Å². The van der Waals surface area contributed by atoms with Crippen molar-refractivity contribution in [3.63, 3.8) is 0 Å². The largest absolute Gasteiger partial charge is 0.454 e. The SMILES string of the molecule is C[C@H](N[C@H](C)c1ccc(F)cc1F)C(=O)Nc1ccc2c(c1)OCO2. The molecule has 0 radical (unpaired) electrons. The summed E-state index contributed by atoms with van der Waals surface area (Å²) in [7, 11) is 0. The van der Waals surface area contributed by atoms with Crippen LogP contribution >= 0.6 is 0 Å². The Morgan fingerprint density at radius 1 is 1.08 bits per heavy atom. The first-order valence-corrected chi connectivity index (χ1v) is 7.85. The molecule has 1 aliphatic rings. The molecule has 2 atom stereocenters. The van der Waals surface area contributed by atoms with Crippen LogP contribution in [-0.4, -0.2) is 18.7 Å². The number of fused-ring (bicyclic) bond motifs is 1. The first-order valence-electron chi connectivity index (χ1n) is 7.85. The molecular weight excluding hydrogens is 330 g/mol. The van der Waals surface area contributed by atoms with Gasteiger partial charge in [-0.05, 0) is 32.0 Å². The Bertz CT molecular complexity index is 798. The standard InChI is InChI=1S/C18H18F2N2O3/c1-10(14-5-3-12(19)7-15(14)20)21-11(2)18(23)22-13-4-6-16-17(8-13)25-9-24-16/h3-8,10-11,21H,9H2,1-2H3,(H,22,23)/t10-,11+/m1/s1. The van der Waals surface area contributed by atoms with Crippen LogP contribution in [0.25, 0.3) is 0 Å². The molecule has 2 aromatic rings. The fourth-order valence-corrected chi connectivity index (χ4v) is 2.62. The summed E-state index contributed by atoms with van der Waals surface area (Å²) in [5, 5.41) is 5.76. The van der Waals surface area contributed by atoms with Gasteiger partial charge >= 0.3 is 0 Å². The molecule has 1 aliphatic heterocycles. The fraction of sp³-hybridized carbons (Fsp3) is 0.278. The molecule has 0 saturated carbocycles. The predicted octanol–water partition coefficient (Wildman–Crippen LogP) is 3.37. The third-order valence-corrected chi connectivity index (χ3v) is 3.96. The zero-order valence-corrected chi connectivity index (χ0v) is 13.8. The van der Waals surface area contributed by atoms with E-state index in [0.717, 1.165) is 6.07 Å². The smallest absolute Gasteiger partial charge is 0.241 e. The number of carbonyl (C=O) groups is 1. The Hall–Kier alpha value is -2.67. The third-order valence-electron chi connectivity index (χ3n) is 3.96. The van der Waals surface area contributed by atoms with Crippen molar-refractivity contribution in [3.8, 4) is 11.5 Å². The number of benzene rings is 2. The molecule has 132 valence electrons. The van der Waals surface area contributed by atoms with Crippen molar-refractivity contribution in [1.29, 1.82) is 0 Å². The zero-order valence-electron chi connectivity index (χ0n) is 13.8. The highest BCUT2D eigenvalue weighted by atomic mass is 19.1. The molecule has 0 unspecified atom stereocenters. The number of rotatable bonds is 5. The Morgan fingerprint density at radius 3 is 2.60 bits per heavy atom. The number of anilines is 1. The van der Waals surface area contributed by atoms with Gasteiger partial charge in [-0.3, -0.25) is 10.1 Å². The lowest BCUT2D eigenvalue weighted by molar-refractivity contribution is -0.117. The number of amides is 1. The van der Waals surface area contributed by atoms with Gasteiger partial charge in [-0.15, -0.1) is 0 Å². The molecule has 7 heteroatoms. The van der Waals surface area contributed by atoms with Crippen molar-refractivity contribution >= 4 is 11.6 Å². The number of hydrogen-bond acceptors (Lipinski definition) is 4. The van der Waals surface area contributed by atoms with Gasteiger partial charge in [0.1, 0.15) is 11.6 Å². The Balaban J connectivity index is 1.62. The minimum Gasteiger partial charge on any atom is -0.454 e. The average molecular weight is 348 g/mol. The predicted molar refractivity (Wildman–Crippen MR) is 88.6 cm³/mol. The van der Waals surface area contributed by atoms with Crippen molar-refractivity contribution in [2.24, 2.45) is 0 Å². The van der Waals surface area contributed by atoms with Gasteiger partial charge in [0.05, 0.1) is 6.04 Å². The first-order chi connectivity index (χ1) is 11.9. The summed E-state index contributed by atoms with van der Waals surface area (Å²) in [6.07, 6.45) is 0. The highest BCUT2D eigenvalue weighted by Gasteiger charge is 2.20. The van der Waals surface area contributed by atoms with Gasteiger partial charge < -0.3 is 14.8 Å². The van der Waals surface area contributed by atoms with Crippen LogP contribution in [0, 0.1) is 11.6 Å². The van der Waals surface area contributed by atoms with Crippen LogP contribution in [0.15, 0.2) is 36.4 Å². The Morgan fingerprint density at radius 2 is 1.84 bits per heavy atom. The summed E-state index contributed by atoms with van der Waals surface area (Å²) in [4.78, 5) is 12.3. The number of halogens is 2. The number of ether oxygens (including phenoxy) is 2. The second-order valence-electron chi connectivity index (χ2n) is 5.83. The summed E-state index contributed by atoms with van der Waals surface area (Å²) in [5.74, 6) is -0.372. The normalized spacial score (nSPS) is 14.9. The number of nitrogens with one attached hydrogen (secondary N) is 2. The molecular formula is C18H18F2N2O3. The van der Waals surface area contributed by atoms with E-state index in [0.29, 0.717) is 22.7 Å². The van der Waals surface area contributed by atoms with Crippen LogP contribution in [0.1, 0.15) is 25.5 Å². The third kappa shape index (κ3) is 3.88. The average Bonchev–Trinajstić information content (AvgIpc) is 3.02. The van der Waals surface area contributed by atoms with E-state index in [9.17, 15) is 13.6 Å². The summed E-state index contributed by atoms with van der Waals surface area (Å²) >= 11 is 0. The van der Waals surface area contributed by atoms with E-state index in [2.05, 4.69) is 10.6 Å². The van der Waals surface area contributed by atoms with Gasteiger partial charge in [0.2, 0.25) is 12.7 Å². The van der Waals surface area contributed by atoms with Gasteiger partial charge in [-0.2, -0.15) is 0 Å². The van der Waals surface area contributed by atoms with Crippen LogP contribution in [-0.2, 0) is 4.79 Å². The van der Waals surface area contributed by atoms with Crippen LogP contribution in [0.3, 0.4) is 0 Å². The van der Waals surface area contributed by atoms with Crippen molar-refractivity contribution in [2.75, 3.05) is 12.1 Å². The maximum atomic E-state index is 13.8. The lowest BCUT2D eigenvalue weighted by atomic mass is 10.1. The van der Waals surface area contributed by atoms with Gasteiger partial charge in [0, 0.05) is 29.4 Å². The Labute approximate surface area is 143 Å². The number of hydrogen-bond donors (Lipinski definition) is 2. The van der Waals surface area contributed by atoms with Crippen LogP contribution in [0.5, 0.6) is 11.5 Å². The number of carbonyl (C=O) groups excluding carboxylic acids is 1. The molecule has 2 aromatic carbocycles. The molecule has 5 nitrogen and oxygen atoms in total. The van der Waals surface area contributed by atoms with E-state index >= 15 is 0 Å². The van der Waals surface area contributed by atoms with Crippen molar-refractivity contribution in [3.05, 3.63) is 53.6 Å². The monoisotopic (exact) mass is 348 g/mol. The maximum absolute atomic E-state index is 13.8. The summed E-state index contributed by atoms with van der Waals surface area (Å²) in [6, 6.07) is 7.43. The molecule has 0 aliphatic carbocycles. The highest BCUT2D eigenvalue weighted by molar-refractivity contribution is 5.94. The molecule has 3 rings (SSSR count). The summed E-state index contributed by atoms with van der Waals surface area (Å²) < 4.78 is 37.3. The maximum Gasteiger partial charge on any atom is 0.241 e. The zero-order chi connectivity index (χ0) is 18.0. The van der Waals surface area contributed by atoms with E-state index in [1.807, 2.05) is 0 Å². The molecule has 2 N–H and O–H groups in total. The fourth-order valence-electron chi connectivity index (χ4n) is 2.62. The van der Waals surface area contributed by atoms with E-state index in [1.165, 1.54) is 12.1 Å². The van der Waals surface area contributed by atoms with Crippen LogP contribution < -0.4 is 20.1 Å². The van der Waals surface area contributed by atoms with Gasteiger partial charge in [0.25, 0.3) is 0 Å². The molecule has 25 heavy (non-hydrogen) atoms. The van der Waals surface area contributed by atoms with E-state index in [1.54, 1.807) is 32.0 Å². The second-order valence-corrected chi connectivity index (χ2v) is 5.83. The summed E-state index contributed by atoms with van der Waals surface area (Å²) in [6.45, 7) is 3.53. The quantitative estimate of drug-likeness (QED) is 0.870. The molecule has 0 aromatic heterocycles. The molecule has 0 saturated heterocycles. The molecule has 0 fully saturated rings. The van der Waals surface area contributed by atoms with Crippen LogP contribution in [0.4, 0.5) is 14.5 Å². The van der Waals surface area contributed by atoms with E-state index < -0.39 is 23.7 Å². The lowest BCUT2D eigenvalue weighted by Crippen LogP contribution is -2.39. The lowest BCUT2D eigenvalue weighted by Gasteiger charge is -2.20. The highest BCUT2D eigenvalue weighted by Crippen LogP contribution is 2.34. The minimum atomic E-state index is -0.650. The second kappa shape index (κ2) is 7.06. The Kier molecular flexibility index (Phi) is 4.85. The molecule has 1 heterocycles. The molecule has 1 amide bonds. The van der Waals surface area contributed by atoms with Crippen molar-refractivity contribution in [1.82, 2.24) is 5.32 Å². The van der Waals surface area contributed by atoms with E-state index in [4.69, 9.17) is 9.47 Å². The van der Waals surface area contributed by atoms with Crippen molar-refractivity contribution in [2.45, 2.75) is 25.9 Å². The minimum absolute atomic E-state index is 0.158. The van der Waals surface area contributed by atoms with Gasteiger partial charge in [-0.1, -0.05) is 6.07 Å². The van der Waals surface area contributed by atoms with Crippen LogP contribution in [0.2, 0.25) is 0 Å². The topological polar surface area (TPSA) is 59.6 Å². The summed E-state index contributed by atoms with van der Waals surface area (Å²) in [5.41, 5.74) is 0.868. The van der Waals surface area contributed by atoms with Gasteiger partial charge in [0.15, 0.2) is 11.5 Å². The molecule has 0 bridgehead atoms. The van der Waals surface area contributed by atoms with Gasteiger partial charge in [-0.25, -0.2) is 8.78 Å². The van der Waals surface area contributed by atoms with E-state index in [-0.39, 0.29) is 12.7 Å². The molecule has 0 spiro atoms.